The molecule has 2 aromatic heterocycles. The molecule has 0 spiro atoms. The largest absolute Gasteiger partial charge is 0.288 e. The van der Waals surface area contributed by atoms with Crippen molar-refractivity contribution in [3.05, 3.63) is 83.8 Å². The van der Waals surface area contributed by atoms with Gasteiger partial charge in [-0.05, 0) is 48.9 Å². The van der Waals surface area contributed by atoms with Crippen LogP contribution in [0, 0.1) is 11.6 Å². The van der Waals surface area contributed by atoms with Crippen molar-refractivity contribution >= 4 is 32.5 Å². The summed E-state index contributed by atoms with van der Waals surface area (Å²) in [6, 6.07) is 9.63. The molecule has 10 heteroatoms. The number of benzene rings is 2. The molecule has 168 valence electrons. The Morgan fingerprint density at radius 1 is 1.06 bits per heavy atom. The molecule has 0 fully saturated rings. The van der Waals surface area contributed by atoms with Gasteiger partial charge in [-0.2, -0.15) is 0 Å². The van der Waals surface area contributed by atoms with Crippen LogP contribution in [0.1, 0.15) is 29.3 Å². The third kappa shape index (κ3) is 4.70. The molecule has 4 aromatic rings. The van der Waals surface area contributed by atoms with Gasteiger partial charge in [0, 0.05) is 23.5 Å². The van der Waals surface area contributed by atoms with Crippen LogP contribution in [0.3, 0.4) is 0 Å². The first-order chi connectivity index (χ1) is 15.8. The minimum absolute atomic E-state index is 0.0218. The smallest absolute Gasteiger partial charge is 0.232 e. The van der Waals surface area contributed by atoms with E-state index in [1.54, 1.807) is 37.6 Å². The molecule has 0 saturated carbocycles. The standard InChI is InChI=1S/C23H18F2N4O3S/c1-2-10-33(31,32)29-18-8-6-16(24)21(22(18)25)23(30)14-5-7-17-19(11-14)28-20(13-27-17)15-4-3-9-26-12-15/h3-9,11-13,29H,2,10H2,1H3. The van der Waals surface area contributed by atoms with Crippen molar-refractivity contribution in [1.82, 2.24) is 15.0 Å². The van der Waals surface area contributed by atoms with Gasteiger partial charge in [-0.25, -0.2) is 22.2 Å². The summed E-state index contributed by atoms with van der Waals surface area (Å²) in [6.07, 6.45) is 5.10. The number of carbonyl (C=O) groups excluding carboxylic acids is 1. The average Bonchev–Trinajstić information content (AvgIpc) is 2.80. The molecule has 0 bridgehead atoms. The van der Waals surface area contributed by atoms with Crippen molar-refractivity contribution in [1.29, 1.82) is 0 Å². The molecule has 0 aliphatic heterocycles. The molecule has 0 amide bonds. The number of rotatable bonds is 7. The number of halogens is 2. The van der Waals surface area contributed by atoms with Crippen molar-refractivity contribution in [3.8, 4) is 11.3 Å². The maximum atomic E-state index is 15.0. The van der Waals surface area contributed by atoms with Gasteiger partial charge in [-0.15, -0.1) is 0 Å². The zero-order valence-electron chi connectivity index (χ0n) is 17.4. The number of ketones is 1. The number of hydrogen-bond donors (Lipinski definition) is 1. The van der Waals surface area contributed by atoms with Gasteiger partial charge < -0.3 is 0 Å². The minimum Gasteiger partial charge on any atom is -0.288 e. The van der Waals surface area contributed by atoms with Crippen molar-refractivity contribution in [2.75, 3.05) is 10.5 Å². The molecule has 0 atom stereocenters. The monoisotopic (exact) mass is 468 g/mol. The van der Waals surface area contributed by atoms with Crippen molar-refractivity contribution < 1.29 is 22.0 Å². The summed E-state index contributed by atoms with van der Waals surface area (Å²) in [5, 5.41) is 0. The van der Waals surface area contributed by atoms with Crippen LogP contribution in [0.15, 0.2) is 61.1 Å². The van der Waals surface area contributed by atoms with Crippen molar-refractivity contribution in [2.24, 2.45) is 0 Å². The molecule has 4 rings (SSSR count). The fourth-order valence-electron chi connectivity index (χ4n) is 3.28. The topological polar surface area (TPSA) is 102 Å². The van der Waals surface area contributed by atoms with E-state index in [9.17, 15) is 17.6 Å². The van der Waals surface area contributed by atoms with Crippen molar-refractivity contribution in [2.45, 2.75) is 13.3 Å². The van der Waals surface area contributed by atoms with E-state index in [2.05, 4.69) is 19.7 Å². The van der Waals surface area contributed by atoms with Gasteiger partial charge in [0.05, 0.1) is 39.9 Å². The van der Waals surface area contributed by atoms with Gasteiger partial charge in [0.25, 0.3) is 0 Å². The molecule has 0 saturated heterocycles. The zero-order valence-corrected chi connectivity index (χ0v) is 18.2. The molecular weight excluding hydrogens is 450 g/mol. The van der Waals surface area contributed by atoms with Gasteiger partial charge in [0.15, 0.2) is 11.6 Å². The Balaban J connectivity index is 1.74. The average molecular weight is 468 g/mol. The van der Waals surface area contributed by atoms with E-state index in [1.807, 2.05) is 0 Å². The van der Waals surface area contributed by atoms with Gasteiger partial charge in [-0.3, -0.25) is 19.5 Å². The molecule has 7 nitrogen and oxygen atoms in total. The van der Waals surface area contributed by atoms with Crippen LogP contribution in [0.5, 0.6) is 0 Å². The predicted molar refractivity (Wildman–Crippen MR) is 120 cm³/mol. The first-order valence-electron chi connectivity index (χ1n) is 9.99. The number of sulfonamides is 1. The van der Waals surface area contributed by atoms with Crippen LogP contribution in [0.25, 0.3) is 22.3 Å². The molecule has 2 heterocycles. The summed E-state index contributed by atoms with van der Waals surface area (Å²) in [4.78, 5) is 25.8. The number of aromatic nitrogens is 3. The SMILES string of the molecule is CCCS(=O)(=O)Nc1ccc(F)c(C(=O)c2ccc3ncc(-c4cccnc4)nc3c2)c1F. The number of pyridine rings is 1. The fraction of sp³-hybridized carbons (Fsp3) is 0.130. The van der Waals surface area contributed by atoms with Gasteiger partial charge in [-0.1, -0.05) is 6.92 Å². The second-order valence-corrected chi connectivity index (χ2v) is 9.08. The lowest BCUT2D eigenvalue weighted by atomic mass is 10.0. The highest BCUT2D eigenvalue weighted by atomic mass is 32.2. The first kappa shape index (κ1) is 22.4. The Labute approximate surface area is 188 Å². The fourth-order valence-corrected chi connectivity index (χ4v) is 4.41. The second-order valence-electron chi connectivity index (χ2n) is 7.23. The second kappa shape index (κ2) is 8.99. The van der Waals surface area contributed by atoms with E-state index >= 15 is 4.39 Å². The van der Waals surface area contributed by atoms with Crippen LogP contribution in [-0.2, 0) is 10.0 Å². The Hall–Kier alpha value is -3.79. The summed E-state index contributed by atoms with van der Waals surface area (Å²) in [7, 11) is -3.83. The quantitative estimate of drug-likeness (QED) is 0.405. The van der Waals surface area contributed by atoms with Crippen LogP contribution < -0.4 is 4.72 Å². The number of fused-ring (bicyclic) bond motifs is 1. The van der Waals surface area contributed by atoms with E-state index in [4.69, 9.17) is 0 Å². The molecule has 2 aromatic carbocycles. The van der Waals surface area contributed by atoms with Gasteiger partial charge in [0.2, 0.25) is 10.0 Å². The molecule has 0 unspecified atom stereocenters. The molecule has 33 heavy (non-hydrogen) atoms. The third-order valence-electron chi connectivity index (χ3n) is 4.82. The molecule has 0 radical (unpaired) electrons. The van der Waals surface area contributed by atoms with Crippen LogP contribution in [0.2, 0.25) is 0 Å². The predicted octanol–water partition coefficient (Wildman–Crippen LogP) is 4.35. The van der Waals surface area contributed by atoms with Gasteiger partial charge in [0.1, 0.15) is 5.82 Å². The summed E-state index contributed by atoms with van der Waals surface area (Å²) in [6.45, 7) is 1.65. The molecule has 0 aliphatic carbocycles. The summed E-state index contributed by atoms with van der Waals surface area (Å²) >= 11 is 0. The first-order valence-corrected chi connectivity index (χ1v) is 11.6. The highest BCUT2D eigenvalue weighted by Gasteiger charge is 2.24. The zero-order chi connectivity index (χ0) is 23.6. The van der Waals surface area contributed by atoms with E-state index in [0.717, 1.165) is 12.1 Å². The lowest BCUT2D eigenvalue weighted by Gasteiger charge is -2.12. The van der Waals surface area contributed by atoms with Gasteiger partial charge >= 0.3 is 0 Å². The summed E-state index contributed by atoms with van der Waals surface area (Å²) in [5.41, 5.74) is 0.697. The Morgan fingerprint density at radius 2 is 1.88 bits per heavy atom. The van der Waals surface area contributed by atoms with Crippen LogP contribution in [-0.4, -0.2) is 34.9 Å². The lowest BCUT2D eigenvalue weighted by molar-refractivity contribution is 0.103. The number of nitrogens with one attached hydrogen (secondary N) is 1. The Bertz CT molecular complexity index is 1460. The lowest BCUT2D eigenvalue weighted by Crippen LogP contribution is -2.18. The highest BCUT2D eigenvalue weighted by Crippen LogP contribution is 2.26. The van der Waals surface area contributed by atoms with E-state index in [-0.39, 0.29) is 11.3 Å². The molecule has 1 N–H and O–H groups in total. The number of nitrogens with zero attached hydrogens (tertiary/aromatic N) is 3. The third-order valence-corrected chi connectivity index (χ3v) is 6.29. The summed E-state index contributed by atoms with van der Waals surface area (Å²) in [5.74, 6) is -3.58. The maximum absolute atomic E-state index is 15.0. The number of anilines is 1. The van der Waals surface area contributed by atoms with Crippen molar-refractivity contribution in [3.63, 3.8) is 0 Å². The summed E-state index contributed by atoms with van der Waals surface area (Å²) < 4.78 is 55.6. The minimum atomic E-state index is -3.83. The number of carbonyl (C=O) groups is 1. The van der Waals surface area contributed by atoms with E-state index in [1.165, 1.54) is 18.2 Å². The molecular formula is C23H18F2N4O3S. The van der Waals surface area contributed by atoms with Crippen LogP contribution >= 0.6 is 0 Å². The maximum Gasteiger partial charge on any atom is 0.232 e. The van der Waals surface area contributed by atoms with E-state index < -0.39 is 38.7 Å². The Morgan fingerprint density at radius 3 is 2.61 bits per heavy atom. The number of hydrogen-bond acceptors (Lipinski definition) is 6. The normalized spacial score (nSPS) is 11.5. The molecule has 0 aliphatic rings. The van der Waals surface area contributed by atoms with E-state index in [0.29, 0.717) is 28.7 Å². The Kier molecular flexibility index (Phi) is 6.10. The van der Waals surface area contributed by atoms with Crippen LogP contribution in [0.4, 0.5) is 14.5 Å². The highest BCUT2D eigenvalue weighted by molar-refractivity contribution is 7.92.